The fourth-order valence-electron chi connectivity index (χ4n) is 1.35. The summed E-state index contributed by atoms with van der Waals surface area (Å²) in [6, 6.07) is 7.62. The van der Waals surface area contributed by atoms with Crippen LogP contribution in [0.5, 0.6) is 0 Å². The van der Waals surface area contributed by atoms with Gasteiger partial charge in [-0.25, -0.2) is 0 Å². The summed E-state index contributed by atoms with van der Waals surface area (Å²) in [5.74, 6) is 0.878. The molecule has 0 bridgehead atoms. The first-order valence-corrected chi connectivity index (χ1v) is 4.92. The van der Waals surface area contributed by atoms with Crippen molar-refractivity contribution in [3.63, 3.8) is 0 Å². The highest BCUT2D eigenvalue weighted by atomic mass is 16.3. The van der Waals surface area contributed by atoms with E-state index in [1.54, 1.807) is 0 Å². The number of nitrogens with zero attached hydrogens (tertiary/aromatic N) is 2. The molecule has 84 valence electrons. The first-order chi connectivity index (χ1) is 7.79. The summed E-state index contributed by atoms with van der Waals surface area (Å²) in [6.07, 6.45) is 0. The summed E-state index contributed by atoms with van der Waals surface area (Å²) in [5, 5.41) is 18.2. The minimum absolute atomic E-state index is 0.111. The molecule has 0 spiro atoms. The molecule has 0 aliphatic heterocycles. The van der Waals surface area contributed by atoms with Crippen molar-refractivity contribution in [3.8, 4) is 11.4 Å². The number of aromatic amines is 1. The van der Waals surface area contributed by atoms with Crippen molar-refractivity contribution in [2.45, 2.75) is 0 Å². The fourth-order valence-corrected chi connectivity index (χ4v) is 1.35. The van der Waals surface area contributed by atoms with Crippen molar-refractivity contribution in [2.75, 3.05) is 24.2 Å². The minimum atomic E-state index is 0.111. The molecule has 0 aliphatic rings. The second-order valence-electron chi connectivity index (χ2n) is 3.27. The average Bonchev–Trinajstić information content (AvgIpc) is 2.74. The highest BCUT2D eigenvalue weighted by molar-refractivity contribution is 5.60. The van der Waals surface area contributed by atoms with Crippen LogP contribution in [0.1, 0.15) is 0 Å². The Kier molecular flexibility index (Phi) is 3.02. The van der Waals surface area contributed by atoms with E-state index in [4.69, 9.17) is 10.8 Å². The van der Waals surface area contributed by atoms with Crippen LogP contribution in [0.15, 0.2) is 24.3 Å². The normalized spacial score (nSPS) is 10.3. The summed E-state index contributed by atoms with van der Waals surface area (Å²) in [5.41, 5.74) is 7.28. The first kappa shape index (κ1) is 10.4. The van der Waals surface area contributed by atoms with E-state index in [9.17, 15) is 0 Å². The predicted octanol–water partition coefficient (Wildman–Crippen LogP) is 0.458. The lowest BCUT2D eigenvalue weighted by Gasteiger charge is -2.04. The molecule has 5 N–H and O–H groups in total. The number of H-pyrrole nitrogens is 1. The van der Waals surface area contributed by atoms with Gasteiger partial charge in [0.1, 0.15) is 0 Å². The standard InChI is InChI=1S/C10H13N5O/c11-10-13-9(14-15-10)7-1-3-8(4-2-7)12-5-6-16/h1-4,12,16H,5-6H2,(H3,11,13,14,15). The van der Waals surface area contributed by atoms with E-state index in [1.165, 1.54) is 0 Å². The molecule has 0 saturated carbocycles. The third-order valence-corrected chi connectivity index (χ3v) is 2.10. The number of nitrogens with two attached hydrogens (primary N) is 1. The zero-order chi connectivity index (χ0) is 11.4. The van der Waals surface area contributed by atoms with Gasteiger partial charge in [-0.2, -0.15) is 4.98 Å². The molecule has 1 aromatic heterocycles. The van der Waals surface area contributed by atoms with Crippen molar-refractivity contribution in [2.24, 2.45) is 0 Å². The first-order valence-electron chi connectivity index (χ1n) is 4.92. The van der Waals surface area contributed by atoms with Gasteiger partial charge in [-0.3, -0.25) is 5.10 Å². The number of hydrogen-bond donors (Lipinski definition) is 4. The van der Waals surface area contributed by atoms with Crippen LogP contribution in [0.25, 0.3) is 11.4 Å². The maximum absolute atomic E-state index is 8.66. The molecule has 0 radical (unpaired) electrons. The summed E-state index contributed by atoms with van der Waals surface area (Å²) >= 11 is 0. The molecular weight excluding hydrogens is 206 g/mol. The molecule has 6 nitrogen and oxygen atoms in total. The number of benzene rings is 1. The second-order valence-corrected chi connectivity index (χ2v) is 3.27. The maximum atomic E-state index is 8.66. The molecule has 2 aromatic rings. The van der Waals surface area contributed by atoms with Gasteiger partial charge >= 0.3 is 0 Å². The number of rotatable bonds is 4. The Morgan fingerprint density at radius 1 is 1.31 bits per heavy atom. The largest absolute Gasteiger partial charge is 0.395 e. The molecule has 1 aromatic carbocycles. The number of aliphatic hydroxyl groups is 1. The topological polar surface area (TPSA) is 99.8 Å². The quantitative estimate of drug-likeness (QED) is 0.598. The smallest absolute Gasteiger partial charge is 0.239 e. The van der Waals surface area contributed by atoms with Crippen LogP contribution in [-0.4, -0.2) is 33.4 Å². The molecule has 6 heteroatoms. The molecule has 0 atom stereocenters. The van der Waals surface area contributed by atoms with E-state index in [0.717, 1.165) is 11.3 Å². The van der Waals surface area contributed by atoms with Gasteiger partial charge in [0.15, 0.2) is 5.82 Å². The molecule has 0 fully saturated rings. The second kappa shape index (κ2) is 4.63. The number of aromatic nitrogens is 3. The van der Waals surface area contributed by atoms with E-state index in [0.29, 0.717) is 12.4 Å². The van der Waals surface area contributed by atoms with Crippen LogP contribution in [0, 0.1) is 0 Å². The highest BCUT2D eigenvalue weighted by Crippen LogP contribution is 2.17. The van der Waals surface area contributed by atoms with Gasteiger partial charge in [-0.15, -0.1) is 5.10 Å². The lowest BCUT2D eigenvalue weighted by molar-refractivity contribution is 0.311. The summed E-state index contributed by atoms with van der Waals surface area (Å²) < 4.78 is 0. The number of nitrogen functional groups attached to an aromatic ring is 1. The van der Waals surface area contributed by atoms with Crippen LogP contribution >= 0.6 is 0 Å². The molecule has 0 saturated heterocycles. The minimum Gasteiger partial charge on any atom is -0.395 e. The van der Waals surface area contributed by atoms with E-state index in [-0.39, 0.29) is 12.6 Å². The summed E-state index contributed by atoms with van der Waals surface area (Å²) in [4.78, 5) is 4.02. The third kappa shape index (κ3) is 2.29. The number of hydrogen-bond acceptors (Lipinski definition) is 5. The van der Waals surface area contributed by atoms with Crippen LogP contribution < -0.4 is 11.1 Å². The Morgan fingerprint density at radius 3 is 2.62 bits per heavy atom. The van der Waals surface area contributed by atoms with Crippen LogP contribution in [-0.2, 0) is 0 Å². The molecule has 2 rings (SSSR count). The SMILES string of the molecule is Nc1n[nH]c(-c2ccc(NCCO)cc2)n1. The van der Waals surface area contributed by atoms with E-state index < -0.39 is 0 Å². The van der Waals surface area contributed by atoms with Crippen molar-refractivity contribution < 1.29 is 5.11 Å². The Morgan fingerprint density at radius 2 is 2.06 bits per heavy atom. The van der Waals surface area contributed by atoms with E-state index in [2.05, 4.69) is 20.5 Å². The van der Waals surface area contributed by atoms with Gasteiger partial charge in [0.05, 0.1) is 6.61 Å². The predicted molar refractivity (Wildman–Crippen MR) is 61.8 cm³/mol. The van der Waals surface area contributed by atoms with Gasteiger partial charge in [-0.1, -0.05) is 0 Å². The highest BCUT2D eigenvalue weighted by Gasteiger charge is 2.02. The Bertz CT molecular complexity index is 450. The van der Waals surface area contributed by atoms with Crippen molar-refractivity contribution in [3.05, 3.63) is 24.3 Å². The Balaban J connectivity index is 2.13. The maximum Gasteiger partial charge on any atom is 0.239 e. The lowest BCUT2D eigenvalue weighted by Crippen LogP contribution is -2.04. The van der Waals surface area contributed by atoms with E-state index >= 15 is 0 Å². The number of aliphatic hydroxyl groups excluding tert-OH is 1. The molecule has 0 unspecified atom stereocenters. The number of nitrogens with one attached hydrogen (secondary N) is 2. The van der Waals surface area contributed by atoms with E-state index in [1.807, 2.05) is 24.3 Å². The molecule has 16 heavy (non-hydrogen) atoms. The molecule has 0 aliphatic carbocycles. The van der Waals surface area contributed by atoms with Crippen LogP contribution in [0.3, 0.4) is 0 Å². The summed E-state index contributed by atoms with van der Waals surface area (Å²) in [7, 11) is 0. The van der Waals surface area contributed by atoms with Crippen molar-refractivity contribution >= 4 is 11.6 Å². The Hall–Kier alpha value is -2.08. The van der Waals surface area contributed by atoms with Crippen LogP contribution in [0.2, 0.25) is 0 Å². The third-order valence-electron chi connectivity index (χ3n) is 2.10. The average molecular weight is 219 g/mol. The monoisotopic (exact) mass is 219 g/mol. The fraction of sp³-hybridized carbons (Fsp3) is 0.200. The lowest BCUT2D eigenvalue weighted by atomic mass is 10.2. The van der Waals surface area contributed by atoms with Crippen molar-refractivity contribution in [1.82, 2.24) is 15.2 Å². The zero-order valence-corrected chi connectivity index (χ0v) is 8.64. The van der Waals surface area contributed by atoms with Gasteiger partial charge in [-0.05, 0) is 24.3 Å². The Labute approximate surface area is 92.5 Å². The van der Waals surface area contributed by atoms with Gasteiger partial charge in [0, 0.05) is 17.8 Å². The van der Waals surface area contributed by atoms with Crippen molar-refractivity contribution in [1.29, 1.82) is 0 Å². The van der Waals surface area contributed by atoms with Gasteiger partial charge < -0.3 is 16.2 Å². The molecule has 1 heterocycles. The van der Waals surface area contributed by atoms with Gasteiger partial charge in [0.25, 0.3) is 0 Å². The van der Waals surface area contributed by atoms with Crippen LogP contribution in [0.4, 0.5) is 11.6 Å². The summed E-state index contributed by atoms with van der Waals surface area (Å²) in [6.45, 7) is 0.648. The zero-order valence-electron chi connectivity index (χ0n) is 8.64. The molecular formula is C10H13N5O. The molecule has 0 amide bonds. The number of anilines is 2. The van der Waals surface area contributed by atoms with Gasteiger partial charge in [0.2, 0.25) is 5.95 Å².